The van der Waals surface area contributed by atoms with Gasteiger partial charge in [-0.25, -0.2) is 5.43 Å². The number of nitrogens with zero attached hydrogens (tertiary/aromatic N) is 1. The fraction of sp³-hybridized carbons (Fsp3) is 0.130. The number of para-hydroxylation sites is 1. The first kappa shape index (κ1) is 20.6. The molecule has 0 aliphatic carbocycles. The fourth-order valence-electron chi connectivity index (χ4n) is 2.48. The zero-order valence-electron chi connectivity index (χ0n) is 15.9. The number of halogens is 1. The minimum absolute atomic E-state index is 0.341. The van der Waals surface area contributed by atoms with Crippen molar-refractivity contribution in [1.82, 2.24) is 5.43 Å². The van der Waals surface area contributed by atoms with Crippen LogP contribution in [0.25, 0.3) is 0 Å². The van der Waals surface area contributed by atoms with Gasteiger partial charge in [-0.1, -0.05) is 58.4 Å². The Morgan fingerprint density at radius 1 is 1.03 bits per heavy atom. The summed E-state index contributed by atoms with van der Waals surface area (Å²) in [5, 5.41) is 4.04. The largest absolute Gasteiger partial charge is 0.488 e. The molecule has 0 fully saturated rings. The lowest BCUT2D eigenvalue weighted by Crippen LogP contribution is -2.33. The van der Waals surface area contributed by atoms with Crippen molar-refractivity contribution in [3.8, 4) is 11.5 Å². The van der Waals surface area contributed by atoms with Crippen LogP contribution in [0, 0.1) is 0 Å². The molecule has 1 atom stereocenters. The molecule has 148 valence electrons. The Bertz CT molecular complexity index is 959. The number of amides is 1. The molecule has 6 heteroatoms. The first-order valence-corrected chi connectivity index (χ1v) is 9.92. The van der Waals surface area contributed by atoms with Crippen molar-refractivity contribution in [3.05, 3.63) is 94.5 Å². The van der Waals surface area contributed by atoms with Crippen LogP contribution in [0.1, 0.15) is 18.1 Å². The van der Waals surface area contributed by atoms with Gasteiger partial charge in [0.25, 0.3) is 5.91 Å². The Kier molecular flexibility index (Phi) is 7.41. The molecule has 0 saturated heterocycles. The van der Waals surface area contributed by atoms with Crippen LogP contribution in [0.4, 0.5) is 0 Å². The summed E-state index contributed by atoms with van der Waals surface area (Å²) < 4.78 is 12.4. The Labute approximate surface area is 178 Å². The molecule has 3 aromatic rings. The molecule has 0 bridgehead atoms. The molecular weight excluding hydrogens is 432 g/mol. The highest BCUT2D eigenvalue weighted by Gasteiger charge is 2.13. The number of hydrazone groups is 1. The molecule has 3 aromatic carbocycles. The molecule has 0 aromatic heterocycles. The molecule has 0 saturated carbocycles. The summed E-state index contributed by atoms with van der Waals surface area (Å²) >= 11 is 3.36. The van der Waals surface area contributed by atoms with Crippen molar-refractivity contribution in [1.29, 1.82) is 0 Å². The maximum Gasteiger partial charge on any atom is 0.280 e. The number of nitrogens with one attached hydrogen (secondary N) is 1. The van der Waals surface area contributed by atoms with E-state index in [-0.39, 0.29) is 5.91 Å². The Balaban J connectivity index is 1.55. The predicted octanol–water partition coefficient (Wildman–Crippen LogP) is 4.95. The van der Waals surface area contributed by atoms with E-state index < -0.39 is 6.10 Å². The standard InChI is InChI=1S/C23H21BrN2O3/c1-17(29-21-13-11-20(24)12-14-21)23(27)26-25-15-19-9-5-6-10-22(19)28-16-18-7-3-2-4-8-18/h2-15,17H,16H2,1H3,(H,26,27)/b25-15-/t17-/m1/s1. The zero-order chi connectivity index (χ0) is 20.5. The molecule has 0 aliphatic heterocycles. The van der Waals surface area contributed by atoms with Crippen molar-refractivity contribution in [2.75, 3.05) is 0 Å². The van der Waals surface area contributed by atoms with E-state index >= 15 is 0 Å². The van der Waals surface area contributed by atoms with Gasteiger partial charge in [0.1, 0.15) is 18.1 Å². The smallest absolute Gasteiger partial charge is 0.280 e. The summed E-state index contributed by atoms with van der Waals surface area (Å²) in [5.41, 5.74) is 4.35. The number of hydrogen-bond donors (Lipinski definition) is 1. The molecule has 29 heavy (non-hydrogen) atoms. The first-order chi connectivity index (χ1) is 14.1. The van der Waals surface area contributed by atoms with Crippen LogP contribution in [-0.4, -0.2) is 18.2 Å². The molecule has 0 heterocycles. The lowest BCUT2D eigenvalue weighted by molar-refractivity contribution is -0.127. The molecule has 3 rings (SSSR count). The van der Waals surface area contributed by atoms with Crippen molar-refractivity contribution >= 4 is 28.1 Å². The van der Waals surface area contributed by atoms with Gasteiger partial charge < -0.3 is 9.47 Å². The van der Waals surface area contributed by atoms with Crippen LogP contribution in [0.5, 0.6) is 11.5 Å². The van der Waals surface area contributed by atoms with Gasteiger partial charge in [-0.15, -0.1) is 0 Å². The SMILES string of the molecule is C[C@@H](Oc1ccc(Br)cc1)C(=O)N/N=C\c1ccccc1OCc1ccccc1. The monoisotopic (exact) mass is 452 g/mol. The molecule has 0 spiro atoms. The Hall–Kier alpha value is -3.12. The molecule has 0 radical (unpaired) electrons. The van der Waals surface area contributed by atoms with E-state index in [1.807, 2.05) is 66.7 Å². The summed E-state index contributed by atoms with van der Waals surface area (Å²) in [6, 6.07) is 24.7. The van der Waals surface area contributed by atoms with E-state index in [4.69, 9.17) is 9.47 Å². The molecule has 1 amide bonds. The number of carbonyl (C=O) groups excluding carboxylic acids is 1. The maximum absolute atomic E-state index is 12.2. The van der Waals surface area contributed by atoms with Gasteiger partial charge in [-0.3, -0.25) is 4.79 Å². The van der Waals surface area contributed by atoms with E-state index in [0.717, 1.165) is 15.6 Å². The minimum Gasteiger partial charge on any atom is -0.488 e. The fourth-order valence-corrected chi connectivity index (χ4v) is 2.75. The number of benzene rings is 3. The third-order valence-electron chi connectivity index (χ3n) is 4.03. The molecule has 5 nitrogen and oxygen atoms in total. The number of hydrogen-bond acceptors (Lipinski definition) is 4. The highest BCUT2D eigenvalue weighted by atomic mass is 79.9. The van der Waals surface area contributed by atoms with E-state index in [9.17, 15) is 4.79 Å². The molecule has 0 aliphatic rings. The summed E-state index contributed by atoms with van der Waals surface area (Å²) in [6.07, 6.45) is 0.878. The van der Waals surface area contributed by atoms with Crippen molar-refractivity contribution in [2.24, 2.45) is 5.10 Å². The van der Waals surface area contributed by atoms with Gasteiger partial charge in [0.2, 0.25) is 0 Å². The topological polar surface area (TPSA) is 59.9 Å². The van der Waals surface area contributed by atoms with Gasteiger partial charge in [-0.05, 0) is 48.9 Å². The predicted molar refractivity (Wildman–Crippen MR) is 117 cm³/mol. The molecule has 0 unspecified atom stereocenters. The second kappa shape index (κ2) is 10.4. The average molecular weight is 453 g/mol. The van der Waals surface area contributed by atoms with Crippen molar-refractivity contribution < 1.29 is 14.3 Å². The van der Waals surface area contributed by atoms with E-state index in [0.29, 0.717) is 18.1 Å². The van der Waals surface area contributed by atoms with E-state index in [1.165, 1.54) is 0 Å². The maximum atomic E-state index is 12.2. The van der Waals surface area contributed by atoms with Crippen molar-refractivity contribution in [2.45, 2.75) is 19.6 Å². The van der Waals surface area contributed by atoms with Gasteiger partial charge in [0.15, 0.2) is 6.10 Å². The van der Waals surface area contributed by atoms with Gasteiger partial charge in [0.05, 0.1) is 6.21 Å². The number of carbonyl (C=O) groups is 1. The van der Waals surface area contributed by atoms with Gasteiger partial charge >= 0.3 is 0 Å². The summed E-state index contributed by atoms with van der Waals surface area (Å²) in [4.78, 5) is 12.2. The van der Waals surface area contributed by atoms with Crippen molar-refractivity contribution in [3.63, 3.8) is 0 Å². The van der Waals surface area contributed by atoms with Crippen LogP contribution in [-0.2, 0) is 11.4 Å². The second-order valence-corrected chi connectivity index (χ2v) is 7.18. The van der Waals surface area contributed by atoms with Crippen LogP contribution in [0.2, 0.25) is 0 Å². The minimum atomic E-state index is -0.683. The van der Waals surface area contributed by atoms with Gasteiger partial charge in [-0.2, -0.15) is 5.10 Å². The van der Waals surface area contributed by atoms with Crippen LogP contribution in [0.15, 0.2) is 88.4 Å². The molecular formula is C23H21BrN2O3. The number of ether oxygens (including phenoxy) is 2. The zero-order valence-corrected chi connectivity index (χ0v) is 17.5. The van der Waals surface area contributed by atoms with Crippen LogP contribution < -0.4 is 14.9 Å². The van der Waals surface area contributed by atoms with E-state index in [1.54, 1.807) is 25.3 Å². The average Bonchev–Trinajstić information content (AvgIpc) is 2.75. The second-order valence-electron chi connectivity index (χ2n) is 6.26. The third kappa shape index (κ3) is 6.47. The normalized spacial score (nSPS) is 11.8. The van der Waals surface area contributed by atoms with Gasteiger partial charge in [0, 0.05) is 10.0 Å². The van der Waals surface area contributed by atoms with Crippen LogP contribution >= 0.6 is 15.9 Å². The third-order valence-corrected chi connectivity index (χ3v) is 4.56. The highest BCUT2D eigenvalue weighted by Crippen LogP contribution is 2.18. The highest BCUT2D eigenvalue weighted by molar-refractivity contribution is 9.10. The molecule has 1 N–H and O–H groups in total. The quantitative estimate of drug-likeness (QED) is 0.388. The Morgan fingerprint density at radius 3 is 2.48 bits per heavy atom. The lowest BCUT2D eigenvalue weighted by atomic mass is 10.2. The number of rotatable bonds is 8. The summed E-state index contributed by atoms with van der Waals surface area (Å²) in [7, 11) is 0. The summed E-state index contributed by atoms with van der Waals surface area (Å²) in [6.45, 7) is 2.12. The lowest BCUT2D eigenvalue weighted by Gasteiger charge is -2.13. The van der Waals surface area contributed by atoms with E-state index in [2.05, 4.69) is 26.5 Å². The van der Waals surface area contributed by atoms with Crippen LogP contribution in [0.3, 0.4) is 0 Å². The summed E-state index contributed by atoms with van der Waals surface area (Å²) in [5.74, 6) is 0.958. The first-order valence-electron chi connectivity index (χ1n) is 9.13. The Morgan fingerprint density at radius 2 is 1.72 bits per heavy atom.